The first kappa shape index (κ1) is 15.0. The zero-order valence-corrected chi connectivity index (χ0v) is 13.5. The lowest BCUT2D eigenvalue weighted by Crippen LogP contribution is -2.47. The fourth-order valence-electron chi connectivity index (χ4n) is 3.23. The average molecular weight is 292 g/mol. The van der Waals surface area contributed by atoms with E-state index in [0.717, 1.165) is 26.2 Å². The van der Waals surface area contributed by atoms with Crippen LogP contribution in [0, 0.1) is 0 Å². The maximum atomic E-state index is 6.05. The van der Waals surface area contributed by atoms with Gasteiger partial charge in [-0.05, 0) is 40.2 Å². The van der Waals surface area contributed by atoms with Gasteiger partial charge in [-0.15, -0.1) is 0 Å². The molecule has 2 aliphatic heterocycles. The minimum absolute atomic E-state index is 0.124. The zero-order chi connectivity index (χ0) is 14.9. The van der Waals surface area contributed by atoms with Crippen molar-refractivity contribution >= 4 is 0 Å². The lowest BCUT2D eigenvalue weighted by molar-refractivity contribution is -0.0554. The average Bonchev–Trinajstić information content (AvgIpc) is 3.04. The summed E-state index contributed by atoms with van der Waals surface area (Å²) >= 11 is 0. The molecular formula is C16H28N4O. The zero-order valence-electron chi connectivity index (χ0n) is 13.5. The Balaban J connectivity index is 1.57. The Hall–Kier alpha value is -0.910. The van der Waals surface area contributed by atoms with Crippen LogP contribution in [0.4, 0.5) is 0 Å². The molecule has 3 heterocycles. The highest BCUT2D eigenvalue weighted by atomic mass is 16.5. The number of hydrogen-bond acceptors (Lipinski definition) is 4. The summed E-state index contributed by atoms with van der Waals surface area (Å²) < 4.78 is 8.29. The predicted molar refractivity (Wildman–Crippen MR) is 83.2 cm³/mol. The van der Waals surface area contributed by atoms with Crippen LogP contribution in [0.15, 0.2) is 12.5 Å². The molecule has 0 aliphatic carbocycles. The van der Waals surface area contributed by atoms with Crippen molar-refractivity contribution in [3.05, 3.63) is 18.2 Å². The number of nitrogens with zero attached hydrogens (tertiary/aromatic N) is 3. The van der Waals surface area contributed by atoms with E-state index in [1.165, 1.54) is 25.1 Å². The fraction of sp³-hybridized carbons (Fsp3) is 0.812. The SMILES string of the molecule is CC(C)(C)NCc1cncn1CC1CN2CCCC2CO1. The van der Waals surface area contributed by atoms with E-state index in [1.807, 2.05) is 12.5 Å². The molecule has 1 aromatic rings. The van der Waals surface area contributed by atoms with Gasteiger partial charge in [0.05, 0.1) is 31.3 Å². The summed E-state index contributed by atoms with van der Waals surface area (Å²) in [6.07, 6.45) is 6.81. The number of ether oxygens (including phenoxy) is 1. The second-order valence-corrected chi connectivity index (χ2v) is 7.39. The maximum Gasteiger partial charge on any atom is 0.0949 e. The van der Waals surface area contributed by atoms with E-state index >= 15 is 0 Å². The summed E-state index contributed by atoms with van der Waals surface area (Å²) in [4.78, 5) is 6.90. The molecule has 5 heteroatoms. The summed E-state index contributed by atoms with van der Waals surface area (Å²) in [5, 5.41) is 3.53. The van der Waals surface area contributed by atoms with Gasteiger partial charge in [-0.1, -0.05) is 0 Å². The molecule has 0 aromatic carbocycles. The molecule has 0 bridgehead atoms. The van der Waals surface area contributed by atoms with E-state index in [1.54, 1.807) is 0 Å². The third-order valence-corrected chi connectivity index (χ3v) is 4.46. The second-order valence-electron chi connectivity index (χ2n) is 7.39. The Kier molecular flexibility index (Phi) is 4.33. The molecule has 5 nitrogen and oxygen atoms in total. The van der Waals surface area contributed by atoms with Crippen LogP contribution in [0.3, 0.4) is 0 Å². The van der Waals surface area contributed by atoms with Crippen LogP contribution < -0.4 is 5.32 Å². The van der Waals surface area contributed by atoms with Gasteiger partial charge in [0.1, 0.15) is 0 Å². The van der Waals surface area contributed by atoms with E-state index in [9.17, 15) is 0 Å². The predicted octanol–water partition coefficient (Wildman–Crippen LogP) is 1.63. The van der Waals surface area contributed by atoms with Crippen molar-refractivity contribution in [1.82, 2.24) is 19.8 Å². The Morgan fingerprint density at radius 2 is 2.29 bits per heavy atom. The smallest absolute Gasteiger partial charge is 0.0949 e. The van der Waals surface area contributed by atoms with Gasteiger partial charge in [0.15, 0.2) is 0 Å². The highest BCUT2D eigenvalue weighted by Gasteiger charge is 2.32. The van der Waals surface area contributed by atoms with Crippen molar-refractivity contribution in [1.29, 1.82) is 0 Å². The van der Waals surface area contributed by atoms with Gasteiger partial charge in [-0.2, -0.15) is 0 Å². The van der Waals surface area contributed by atoms with E-state index in [-0.39, 0.29) is 5.54 Å². The van der Waals surface area contributed by atoms with Gasteiger partial charge >= 0.3 is 0 Å². The maximum absolute atomic E-state index is 6.05. The van der Waals surface area contributed by atoms with E-state index in [4.69, 9.17) is 4.74 Å². The third kappa shape index (κ3) is 3.84. The van der Waals surface area contributed by atoms with Crippen molar-refractivity contribution in [2.45, 2.75) is 64.4 Å². The first-order chi connectivity index (χ1) is 10.0. The molecule has 0 saturated carbocycles. The molecule has 2 aliphatic rings. The van der Waals surface area contributed by atoms with Crippen LogP contribution in [-0.2, 0) is 17.8 Å². The molecule has 1 N–H and O–H groups in total. The van der Waals surface area contributed by atoms with E-state index in [0.29, 0.717) is 12.1 Å². The molecule has 2 saturated heterocycles. The molecule has 1 aromatic heterocycles. The van der Waals surface area contributed by atoms with E-state index < -0.39 is 0 Å². The summed E-state index contributed by atoms with van der Waals surface area (Å²) in [7, 11) is 0. The number of morpholine rings is 1. The molecular weight excluding hydrogens is 264 g/mol. The molecule has 0 amide bonds. The number of nitrogens with one attached hydrogen (secondary N) is 1. The van der Waals surface area contributed by atoms with Gasteiger partial charge < -0.3 is 14.6 Å². The minimum Gasteiger partial charge on any atom is -0.373 e. The van der Waals surface area contributed by atoms with Crippen molar-refractivity contribution in [2.24, 2.45) is 0 Å². The largest absolute Gasteiger partial charge is 0.373 e. The quantitative estimate of drug-likeness (QED) is 0.916. The summed E-state index contributed by atoms with van der Waals surface area (Å²) in [6.45, 7) is 11.5. The number of rotatable bonds is 4. The highest BCUT2D eigenvalue weighted by Crippen LogP contribution is 2.23. The first-order valence-electron chi connectivity index (χ1n) is 8.11. The number of hydrogen-bond donors (Lipinski definition) is 1. The molecule has 0 spiro atoms. The van der Waals surface area contributed by atoms with Gasteiger partial charge in [0.2, 0.25) is 0 Å². The Labute approximate surface area is 127 Å². The van der Waals surface area contributed by atoms with Crippen LogP contribution in [0.25, 0.3) is 0 Å². The van der Waals surface area contributed by atoms with Crippen molar-refractivity contribution in [2.75, 3.05) is 19.7 Å². The Morgan fingerprint density at radius 1 is 1.43 bits per heavy atom. The monoisotopic (exact) mass is 292 g/mol. The molecule has 2 atom stereocenters. The fourth-order valence-corrected chi connectivity index (χ4v) is 3.23. The van der Waals surface area contributed by atoms with Crippen molar-refractivity contribution in [3.63, 3.8) is 0 Å². The molecule has 118 valence electrons. The van der Waals surface area contributed by atoms with Gasteiger partial charge in [0, 0.05) is 30.9 Å². The molecule has 3 rings (SSSR count). The first-order valence-corrected chi connectivity index (χ1v) is 8.11. The van der Waals surface area contributed by atoms with Crippen molar-refractivity contribution < 1.29 is 4.74 Å². The van der Waals surface area contributed by atoms with Crippen LogP contribution in [0.1, 0.15) is 39.3 Å². The summed E-state index contributed by atoms with van der Waals surface area (Å²) in [5.41, 5.74) is 1.36. The lowest BCUT2D eigenvalue weighted by Gasteiger charge is -2.35. The summed E-state index contributed by atoms with van der Waals surface area (Å²) in [6, 6.07) is 0.672. The van der Waals surface area contributed by atoms with E-state index in [2.05, 4.69) is 40.5 Å². The number of imidazole rings is 1. The van der Waals surface area contributed by atoms with Crippen LogP contribution in [0.5, 0.6) is 0 Å². The van der Waals surface area contributed by atoms with Gasteiger partial charge in [0.25, 0.3) is 0 Å². The Bertz CT molecular complexity index is 465. The molecule has 21 heavy (non-hydrogen) atoms. The summed E-state index contributed by atoms with van der Waals surface area (Å²) in [5.74, 6) is 0. The van der Waals surface area contributed by atoms with Gasteiger partial charge in [-0.3, -0.25) is 4.90 Å². The standard InChI is InChI=1S/C16H28N4O/c1-16(2,3)18-8-14-7-17-12-20(14)10-15-9-19-6-4-5-13(19)11-21-15/h7,12-13,15,18H,4-6,8-11H2,1-3H3. The van der Waals surface area contributed by atoms with Crippen LogP contribution in [-0.4, -0.2) is 51.8 Å². The van der Waals surface area contributed by atoms with Gasteiger partial charge in [-0.25, -0.2) is 4.98 Å². The normalized spacial score (nSPS) is 27.0. The molecule has 0 radical (unpaired) electrons. The molecule has 2 unspecified atom stereocenters. The third-order valence-electron chi connectivity index (χ3n) is 4.46. The second kappa shape index (κ2) is 6.07. The van der Waals surface area contributed by atoms with Crippen LogP contribution in [0.2, 0.25) is 0 Å². The number of fused-ring (bicyclic) bond motifs is 1. The molecule has 2 fully saturated rings. The minimum atomic E-state index is 0.124. The topological polar surface area (TPSA) is 42.3 Å². The lowest BCUT2D eigenvalue weighted by atomic mass is 10.1. The highest BCUT2D eigenvalue weighted by molar-refractivity contribution is 5.00. The number of aromatic nitrogens is 2. The van der Waals surface area contributed by atoms with Crippen LogP contribution >= 0.6 is 0 Å². The Morgan fingerprint density at radius 3 is 3.10 bits per heavy atom. The van der Waals surface area contributed by atoms with Crippen molar-refractivity contribution in [3.8, 4) is 0 Å².